The van der Waals surface area contributed by atoms with Gasteiger partial charge in [0.25, 0.3) is 0 Å². The molecular weight excluding hydrogens is 216 g/mol. The summed E-state index contributed by atoms with van der Waals surface area (Å²) in [7, 11) is 0. The molecule has 66 valence electrons. The van der Waals surface area contributed by atoms with Crippen LogP contribution in [0.4, 0.5) is 0 Å². The maximum Gasteiger partial charge on any atom is 0.132 e. The van der Waals surface area contributed by atoms with Crippen LogP contribution >= 0.6 is 15.9 Å². The first kappa shape index (κ1) is 9.52. The molecule has 0 aliphatic heterocycles. The van der Waals surface area contributed by atoms with Crippen LogP contribution in [0, 0.1) is 0 Å². The fraction of sp³-hybridized carbons (Fsp3) is 0.444. The minimum atomic E-state index is 0.940. The summed E-state index contributed by atoms with van der Waals surface area (Å²) in [6, 6.07) is 0. The Kier molecular flexibility index (Phi) is 3.53. The highest BCUT2D eigenvalue weighted by atomic mass is 79.9. The second-order valence-electron chi connectivity index (χ2n) is 2.65. The average Bonchev–Trinajstić information content (AvgIpc) is 2.43. The lowest BCUT2D eigenvalue weighted by atomic mass is 10.3. The highest BCUT2D eigenvalue weighted by Gasteiger charge is 2.02. The molecule has 0 saturated heterocycles. The molecule has 0 bridgehead atoms. The summed E-state index contributed by atoms with van der Waals surface area (Å²) in [4.78, 5) is 4.19. The Balaban J connectivity index is 2.79. The molecule has 0 N–H and O–H groups in total. The van der Waals surface area contributed by atoms with Crippen molar-refractivity contribution in [1.82, 2.24) is 9.55 Å². The van der Waals surface area contributed by atoms with Crippen LogP contribution in [0.3, 0.4) is 0 Å². The smallest absolute Gasteiger partial charge is 0.132 e. The molecule has 0 atom stereocenters. The fourth-order valence-electron chi connectivity index (χ4n) is 1.07. The van der Waals surface area contributed by atoms with Gasteiger partial charge in [-0.05, 0) is 28.4 Å². The Hall–Kier alpha value is -0.570. The lowest BCUT2D eigenvalue weighted by Gasteiger charge is -2.04. The standard InChI is InChI=1S/C9H13BrN2/c1-3-5-6-12-8(10)7-11-9(12)4-2/h4,7H,2-3,5-6H2,1H3. The summed E-state index contributed by atoms with van der Waals surface area (Å²) in [6.07, 6.45) is 5.96. The van der Waals surface area contributed by atoms with E-state index >= 15 is 0 Å². The molecule has 0 aliphatic rings. The molecule has 0 spiro atoms. The SMILES string of the molecule is C=Cc1ncc(Br)n1CCCC. The molecule has 0 unspecified atom stereocenters. The molecule has 3 heteroatoms. The number of imidazole rings is 1. The minimum Gasteiger partial charge on any atom is -0.319 e. The van der Waals surface area contributed by atoms with E-state index in [2.05, 4.69) is 39.0 Å². The molecule has 1 heterocycles. The number of aromatic nitrogens is 2. The molecule has 1 aromatic heterocycles. The first-order valence-electron chi connectivity index (χ1n) is 4.13. The van der Waals surface area contributed by atoms with Gasteiger partial charge in [0, 0.05) is 6.54 Å². The number of nitrogens with zero attached hydrogens (tertiary/aromatic N) is 2. The van der Waals surface area contributed by atoms with Gasteiger partial charge in [0.15, 0.2) is 0 Å². The predicted molar refractivity (Wildman–Crippen MR) is 54.9 cm³/mol. The first-order chi connectivity index (χ1) is 5.79. The van der Waals surface area contributed by atoms with Crippen LogP contribution in [0.5, 0.6) is 0 Å². The Morgan fingerprint density at radius 1 is 1.75 bits per heavy atom. The van der Waals surface area contributed by atoms with Gasteiger partial charge in [-0.1, -0.05) is 19.9 Å². The van der Waals surface area contributed by atoms with Gasteiger partial charge in [0.1, 0.15) is 10.4 Å². The minimum absolute atomic E-state index is 0.940. The van der Waals surface area contributed by atoms with Gasteiger partial charge < -0.3 is 4.57 Å². The summed E-state index contributed by atoms with van der Waals surface area (Å²) in [6.45, 7) is 6.90. The van der Waals surface area contributed by atoms with E-state index in [-0.39, 0.29) is 0 Å². The molecule has 0 amide bonds. The van der Waals surface area contributed by atoms with Crippen molar-refractivity contribution in [2.75, 3.05) is 0 Å². The quantitative estimate of drug-likeness (QED) is 0.775. The molecule has 0 saturated carbocycles. The van der Waals surface area contributed by atoms with Gasteiger partial charge in [-0.25, -0.2) is 4.98 Å². The van der Waals surface area contributed by atoms with Gasteiger partial charge in [-0.2, -0.15) is 0 Å². The third-order valence-corrected chi connectivity index (χ3v) is 2.39. The van der Waals surface area contributed by atoms with Crippen LogP contribution in [-0.2, 0) is 6.54 Å². The summed E-state index contributed by atoms with van der Waals surface area (Å²) in [5.74, 6) is 0.940. The number of rotatable bonds is 4. The van der Waals surface area contributed by atoms with Crippen molar-refractivity contribution in [3.05, 3.63) is 23.2 Å². The number of hydrogen-bond acceptors (Lipinski definition) is 1. The molecule has 1 aromatic rings. The molecule has 0 radical (unpaired) electrons. The third kappa shape index (κ3) is 1.97. The molecule has 12 heavy (non-hydrogen) atoms. The second kappa shape index (κ2) is 4.45. The number of unbranched alkanes of at least 4 members (excludes halogenated alkanes) is 1. The van der Waals surface area contributed by atoms with Crippen LogP contribution in [-0.4, -0.2) is 9.55 Å². The second-order valence-corrected chi connectivity index (χ2v) is 3.46. The Morgan fingerprint density at radius 3 is 3.08 bits per heavy atom. The van der Waals surface area contributed by atoms with E-state index < -0.39 is 0 Å². The predicted octanol–water partition coefficient (Wildman–Crippen LogP) is 3.09. The van der Waals surface area contributed by atoms with E-state index in [0.717, 1.165) is 17.0 Å². The summed E-state index contributed by atoms with van der Waals surface area (Å²) < 4.78 is 3.15. The van der Waals surface area contributed by atoms with Crippen LogP contribution in [0.25, 0.3) is 6.08 Å². The molecular formula is C9H13BrN2. The Labute approximate surface area is 81.4 Å². The van der Waals surface area contributed by atoms with Gasteiger partial charge in [-0.3, -0.25) is 0 Å². The van der Waals surface area contributed by atoms with Crippen LogP contribution in [0.1, 0.15) is 25.6 Å². The zero-order valence-electron chi connectivity index (χ0n) is 7.26. The summed E-state index contributed by atoms with van der Waals surface area (Å²) in [5.41, 5.74) is 0. The Bertz CT molecular complexity index is 265. The zero-order chi connectivity index (χ0) is 8.97. The van der Waals surface area contributed by atoms with Crippen molar-refractivity contribution in [1.29, 1.82) is 0 Å². The van der Waals surface area contributed by atoms with Crippen molar-refractivity contribution in [3.63, 3.8) is 0 Å². The summed E-state index contributed by atoms with van der Waals surface area (Å²) in [5, 5.41) is 0. The van der Waals surface area contributed by atoms with Gasteiger partial charge >= 0.3 is 0 Å². The Morgan fingerprint density at radius 2 is 2.50 bits per heavy atom. The third-order valence-electron chi connectivity index (χ3n) is 1.76. The molecule has 2 nitrogen and oxygen atoms in total. The molecule has 0 aliphatic carbocycles. The van der Waals surface area contributed by atoms with Gasteiger partial charge in [-0.15, -0.1) is 0 Å². The number of hydrogen-bond donors (Lipinski definition) is 0. The number of halogens is 1. The summed E-state index contributed by atoms with van der Waals surface area (Å²) >= 11 is 3.44. The van der Waals surface area contributed by atoms with Gasteiger partial charge in [0.2, 0.25) is 0 Å². The zero-order valence-corrected chi connectivity index (χ0v) is 8.84. The van der Waals surface area contributed by atoms with Crippen molar-refractivity contribution in [2.24, 2.45) is 0 Å². The average molecular weight is 229 g/mol. The molecule has 0 fully saturated rings. The molecule has 0 aromatic carbocycles. The van der Waals surface area contributed by atoms with Gasteiger partial charge in [0.05, 0.1) is 6.20 Å². The van der Waals surface area contributed by atoms with Crippen LogP contribution < -0.4 is 0 Å². The van der Waals surface area contributed by atoms with E-state index in [4.69, 9.17) is 0 Å². The lowest BCUT2D eigenvalue weighted by molar-refractivity contribution is 0.618. The van der Waals surface area contributed by atoms with Crippen LogP contribution in [0.2, 0.25) is 0 Å². The topological polar surface area (TPSA) is 17.8 Å². The largest absolute Gasteiger partial charge is 0.319 e. The maximum atomic E-state index is 4.19. The highest BCUT2D eigenvalue weighted by Crippen LogP contribution is 2.14. The van der Waals surface area contributed by atoms with Crippen molar-refractivity contribution < 1.29 is 0 Å². The van der Waals surface area contributed by atoms with Crippen molar-refractivity contribution in [3.8, 4) is 0 Å². The highest BCUT2D eigenvalue weighted by molar-refractivity contribution is 9.10. The monoisotopic (exact) mass is 228 g/mol. The van der Waals surface area contributed by atoms with E-state index in [1.807, 2.05) is 6.20 Å². The normalized spacial score (nSPS) is 10.2. The van der Waals surface area contributed by atoms with E-state index in [1.165, 1.54) is 12.8 Å². The maximum absolute atomic E-state index is 4.19. The van der Waals surface area contributed by atoms with E-state index in [0.29, 0.717) is 0 Å². The lowest BCUT2D eigenvalue weighted by Crippen LogP contribution is -2.00. The van der Waals surface area contributed by atoms with Crippen LogP contribution in [0.15, 0.2) is 17.4 Å². The van der Waals surface area contributed by atoms with E-state index in [9.17, 15) is 0 Å². The molecule has 1 rings (SSSR count). The first-order valence-corrected chi connectivity index (χ1v) is 4.92. The van der Waals surface area contributed by atoms with Crippen molar-refractivity contribution in [2.45, 2.75) is 26.3 Å². The fourth-order valence-corrected chi connectivity index (χ4v) is 1.53. The van der Waals surface area contributed by atoms with E-state index in [1.54, 1.807) is 6.08 Å². The van der Waals surface area contributed by atoms with Crippen molar-refractivity contribution >= 4 is 22.0 Å².